The van der Waals surface area contributed by atoms with E-state index in [0.717, 1.165) is 12.0 Å². The molecular weight excluding hydrogens is 212 g/mol. The molecule has 0 fully saturated rings. The van der Waals surface area contributed by atoms with Gasteiger partial charge < -0.3 is 5.11 Å². The molecule has 0 heterocycles. The molecule has 1 rings (SSSR count). The normalized spacial score (nSPS) is 13.6. The number of terminal acetylenes is 1. The molecule has 0 aliphatic rings. The predicted molar refractivity (Wildman–Crippen MR) is 68.6 cm³/mol. The maximum absolute atomic E-state index is 11.3. The average molecular weight is 230 g/mol. The summed E-state index contributed by atoms with van der Waals surface area (Å²) in [7, 11) is 0. The van der Waals surface area contributed by atoms with Gasteiger partial charge in [-0.25, -0.2) is 0 Å². The van der Waals surface area contributed by atoms with E-state index in [1.54, 1.807) is 0 Å². The maximum atomic E-state index is 11.3. The van der Waals surface area contributed by atoms with Crippen LogP contribution in [0.5, 0.6) is 0 Å². The van der Waals surface area contributed by atoms with Gasteiger partial charge in [-0.05, 0) is 24.8 Å². The van der Waals surface area contributed by atoms with Gasteiger partial charge in [-0.15, -0.1) is 6.42 Å². The monoisotopic (exact) mass is 230 g/mol. The van der Waals surface area contributed by atoms with Crippen molar-refractivity contribution in [3.05, 3.63) is 35.9 Å². The van der Waals surface area contributed by atoms with E-state index >= 15 is 0 Å². The third kappa shape index (κ3) is 3.35. The molecule has 1 unspecified atom stereocenters. The Bertz CT molecular complexity index is 403. The number of rotatable bonds is 6. The molecule has 0 aliphatic heterocycles. The van der Waals surface area contributed by atoms with Crippen LogP contribution >= 0.6 is 0 Å². The molecule has 0 amide bonds. The van der Waals surface area contributed by atoms with Crippen molar-refractivity contribution in [2.45, 2.75) is 32.6 Å². The summed E-state index contributed by atoms with van der Waals surface area (Å²) in [5.74, 6) is 1.61. The fourth-order valence-corrected chi connectivity index (χ4v) is 1.97. The van der Waals surface area contributed by atoms with Crippen LogP contribution in [-0.4, -0.2) is 11.1 Å². The van der Waals surface area contributed by atoms with E-state index in [9.17, 15) is 9.90 Å². The third-order valence-corrected chi connectivity index (χ3v) is 3.05. The van der Waals surface area contributed by atoms with E-state index in [1.165, 1.54) is 0 Å². The van der Waals surface area contributed by atoms with Crippen LogP contribution in [0.4, 0.5) is 0 Å². The van der Waals surface area contributed by atoms with Crippen LogP contribution < -0.4 is 0 Å². The highest BCUT2D eigenvalue weighted by Gasteiger charge is 2.34. The quantitative estimate of drug-likeness (QED) is 0.762. The van der Waals surface area contributed by atoms with Crippen LogP contribution in [0.25, 0.3) is 0 Å². The topological polar surface area (TPSA) is 37.3 Å². The van der Waals surface area contributed by atoms with Crippen LogP contribution in [0.2, 0.25) is 0 Å². The van der Waals surface area contributed by atoms with Gasteiger partial charge in [0, 0.05) is 0 Å². The van der Waals surface area contributed by atoms with Crippen LogP contribution in [0.1, 0.15) is 31.7 Å². The Labute approximate surface area is 103 Å². The van der Waals surface area contributed by atoms with E-state index in [0.29, 0.717) is 19.3 Å². The number of carbonyl (C=O) groups is 1. The highest BCUT2D eigenvalue weighted by atomic mass is 16.4. The van der Waals surface area contributed by atoms with Crippen molar-refractivity contribution >= 4 is 5.97 Å². The average Bonchev–Trinajstić information content (AvgIpc) is 2.35. The van der Waals surface area contributed by atoms with Crippen LogP contribution in [0.3, 0.4) is 0 Å². The van der Waals surface area contributed by atoms with Gasteiger partial charge in [0.15, 0.2) is 0 Å². The molecule has 1 N–H and O–H groups in total. The van der Waals surface area contributed by atoms with E-state index in [-0.39, 0.29) is 0 Å². The lowest BCUT2D eigenvalue weighted by Gasteiger charge is -2.23. The van der Waals surface area contributed by atoms with Crippen molar-refractivity contribution in [2.24, 2.45) is 5.41 Å². The van der Waals surface area contributed by atoms with Gasteiger partial charge in [-0.2, -0.15) is 0 Å². The Morgan fingerprint density at radius 3 is 2.47 bits per heavy atom. The molecule has 1 aromatic carbocycles. The zero-order valence-corrected chi connectivity index (χ0v) is 10.1. The predicted octanol–water partition coefficient (Wildman–Crippen LogP) is 3.12. The molecule has 0 radical (unpaired) electrons. The lowest BCUT2D eigenvalue weighted by molar-refractivity contribution is -0.146. The molecule has 0 aromatic heterocycles. The lowest BCUT2D eigenvalue weighted by atomic mass is 9.79. The Balaban J connectivity index is 2.75. The van der Waals surface area contributed by atoms with Crippen molar-refractivity contribution < 1.29 is 9.90 Å². The van der Waals surface area contributed by atoms with Crippen molar-refractivity contribution in [3.63, 3.8) is 0 Å². The summed E-state index contributed by atoms with van der Waals surface area (Å²) >= 11 is 0. The Morgan fingerprint density at radius 2 is 2.00 bits per heavy atom. The number of aliphatic carboxylic acids is 1. The van der Waals surface area contributed by atoms with Crippen LogP contribution in [0, 0.1) is 17.8 Å². The standard InChI is InChI=1S/C15H18O2/c1-3-11-15(4-2,14(16)17)12-10-13-8-6-5-7-9-13/h2,5-9H,3,10-12H2,1H3,(H,16,17). The molecule has 0 saturated heterocycles. The second kappa shape index (κ2) is 6.10. The number of hydrogen-bond donors (Lipinski definition) is 1. The first-order valence-electron chi connectivity index (χ1n) is 5.89. The molecule has 17 heavy (non-hydrogen) atoms. The number of hydrogen-bond acceptors (Lipinski definition) is 1. The van der Waals surface area contributed by atoms with Gasteiger partial charge in [-0.3, -0.25) is 4.79 Å². The maximum Gasteiger partial charge on any atom is 0.321 e. The smallest absolute Gasteiger partial charge is 0.321 e. The fraction of sp³-hybridized carbons (Fsp3) is 0.400. The summed E-state index contributed by atoms with van der Waals surface area (Å²) < 4.78 is 0. The molecule has 1 aromatic rings. The summed E-state index contributed by atoms with van der Waals surface area (Å²) in [5.41, 5.74) is 0.120. The molecule has 0 spiro atoms. The van der Waals surface area contributed by atoms with E-state index in [1.807, 2.05) is 37.3 Å². The van der Waals surface area contributed by atoms with Crippen molar-refractivity contribution in [1.29, 1.82) is 0 Å². The molecule has 0 saturated carbocycles. The number of carboxylic acids is 1. The summed E-state index contributed by atoms with van der Waals surface area (Å²) in [4.78, 5) is 11.3. The minimum absolute atomic E-state index is 0.497. The van der Waals surface area contributed by atoms with Gasteiger partial charge in [0.1, 0.15) is 5.41 Å². The molecule has 0 bridgehead atoms. The molecule has 1 atom stereocenters. The highest BCUT2D eigenvalue weighted by molar-refractivity contribution is 5.78. The summed E-state index contributed by atoms with van der Waals surface area (Å²) in [6, 6.07) is 9.84. The van der Waals surface area contributed by atoms with Gasteiger partial charge >= 0.3 is 5.97 Å². The summed E-state index contributed by atoms with van der Waals surface area (Å²) in [6.07, 6.45) is 7.95. The SMILES string of the molecule is C#CC(CCC)(CCc1ccccc1)C(=O)O. The van der Waals surface area contributed by atoms with Crippen molar-refractivity contribution in [1.82, 2.24) is 0 Å². The third-order valence-electron chi connectivity index (χ3n) is 3.05. The van der Waals surface area contributed by atoms with Crippen molar-refractivity contribution in [3.8, 4) is 12.3 Å². The largest absolute Gasteiger partial charge is 0.480 e. The van der Waals surface area contributed by atoms with Gasteiger partial charge in [-0.1, -0.05) is 49.6 Å². The summed E-state index contributed by atoms with van der Waals surface area (Å²) in [5, 5.41) is 9.29. The van der Waals surface area contributed by atoms with Gasteiger partial charge in [0.2, 0.25) is 0 Å². The molecule has 90 valence electrons. The first-order valence-corrected chi connectivity index (χ1v) is 5.89. The number of aryl methyl sites for hydroxylation is 1. The van der Waals surface area contributed by atoms with Gasteiger partial charge in [0.05, 0.1) is 0 Å². The second-order valence-electron chi connectivity index (χ2n) is 4.27. The molecule has 2 heteroatoms. The first-order chi connectivity index (χ1) is 8.14. The minimum Gasteiger partial charge on any atom is -0.480 e. The summed E-state index contributed by atoms with van der Waals surface area (Å²) in [6.45, 7) is 1.96. The molecular formula is C15H18O2. The highest BCUT2D eigenvalue weighted by Crippen LogP contribution is 2.29. The van der Waals surface area contributed by atoms with Crippen LogP contribution in [-0.2, 0) is 11.2 Å². The van der Waals surface area contributed by atoms with Crippen molar-refractivity contribution in [2.75, 3.05) is 0 Å². The Kier molecular flexibility index (Phi) is 4.78. The van der Waals surface area contributed by atoms with Gasteiger partial charge in [0.25, 0.3) is 0 Å². The number of benzene rings is 1. The van der Waals surface area contributed by atoms with E-state index < -0.39 is 11.4 Å². The Hall–Kier alpha value is -1.75. The fourth-order valence-electron chi connectivity index (χ4n) is 1.97. The zero-order valence-electron chi connectivity index (χ0n) is 10.1. The zero-order chi connectivity index (χ0) is 12.7. The minimum atomic E-state index is -1.01. The number of carboxylic acid groups (broad SMARTS) is 1. The Morgan fingerprint density at radius 1 is 1.35 bits per heavy atom. The van der Waals surface area contributed by atoms with Crippen LogP contribution in [0.15, 0.2) is 30.3 Å². The lowest BCUT2D eigenvalue weighted by Crippen LogP contribution is -2.29. The second-order valence-corrected chi connectivity index (χ2v) is 4.27. The molecule has 0 aliphatic carbocycles. The molecule has 2 nitrogen and oxygen atoms in total. The van der Waals surface area contributed by atoms with E-state index in [4.69, 9.17) is 6.42 Å². The van der Waals surface area contributed by atoms with E-state index in [2.05, 4.69) is 5.92 Å². The first kappa shape index (κ1) is 13.3.